The van der Waals surface area contributed by atoms with Gasteiger partial charge in [0, 0.05) is 18.2 Å². The van der Waals surface area contributed by atoms with E-state index in [9.17, 15) is 4.79 Å². The molecule has 0 saturated heterocycles. The van der Waals surface area contributed by atoms with Crippen LogP contribution in [0.4, 0.5) is 0 Å². The number of ether oxygens (including phenoxy) is 2. The van der Waals surface area contributed by atoms with Gasteiger partial charge in [0.15, 0.2) is 0 Å². The third-order valence-corrected chi connectivity index (χ3v) is 4.66. The minimum atomic E-state index is -0.192. The zero-order valence-corrected chi connectivity index (χ0v) is 16.7. The minimum Gasteiger partial charge on any atom is -0.497 e. The van der Waals surface area contributed by atoms with Crippen molar-refractivity contribution in [3.05, 3.63) is 29.8 Å². The molecule has 25 heavy (non-hydrogen) atoms. The zero-order valence-electron chi connectivity index (χ0n) is 15.1. The monoisotopic (exact) mass is 388 g/mol. The molecule has 0 N–H and O–H groups in total. The lowest BCUT2D eigenvalue weighted by Crippen LogP contribution is -2.11. The smallest absolute Gasteiger partial charge is 0.306 e. The number of carbonyl (C=O) groups excluding carboxylic acids is 1. The second kappa shape index (κ2) is 14.3. The predicted octanol–water partition coefficient (Wildman–Crippen LogP) is 6.27. The van der Waals surface area contributed by atoms with Gasteiger partial charge in [0.2, 0.25) is 0 Å². The third kappa shape index (κ3) is 9.96. The van der Waals surface area contributed by atoms with Crippen LogP contribution in [0.25, 0.3) is 0 Å². The van der Waals surface area contributed by atoms with Gasteiger partial charge in [0.05, 0.1) is 7.11 Å². The van der Waals surface area contributed by atoms with Crippen LogP contribution in [0.2, 0.25) is 0 Å². The van der Waals surface area contributed by atoms with Gasteiger partial charge >= 0.3 is 5.97 Å². The number of hydrogen-bond acceptors (Lipinski definition) is 3. The average molecular weight is 389 g/mol. The third-order valence-electron chi connectivity index (χ3n) is 4.13. The normalized spacial score (nSPS) is 12.0. The lowest BCUT2D eigenvalue weighted by atomic mass is 10.0. The van der Waals surface area contributed by atoms with E-state index in [0.717, 1.165) is 62.7 Å². The van der Waals surface area contributed by atoms with E-state index in [1.54, 1.807) is 7.11 Å². The van der Waals surface area contributed by atoms with Crippen LogP contribution in [-0.2, 0) is 9.53 Å². The number of carbonyl (C=O) groups is 1. The predicted molar refractivity (Wildman–Crippen MR) is 105 cm³/mol. The van der Waals surface area contributed by atoms with Gasteiger partial charge in [-0.1, -0.05) is 31.4 Å². The molecule has 1 rings (SSSR count). The summed E-state index contributed by atoms with van der Waals surface area (Å²) in [5, 5.41) is 0. The summed E-state index contributed by atoms with van der Waals surface area (Å²) in [4.78, 5) is 12.2. The molecule has 0 fully saturated rings. The molecule has 0 amide bonds. The Kier molecular flexibility index (Phi) is 12.6. The molecule has 1 aromatic rings. The van der Waals surface area contributed by atoms with Crippen molar-refractivity contribution in [1.29, 1.82) is 0 Å². The quantitative estimate of drug-likeness (QED) is 0.214. The summed E-state index contributed by atoms with van der Waals surface area (Å²) in [5.74, 6) is 2.03. The van der Waals surface area contributed by atoms with Crippen LogP contribution in [0, 0.1) is 0 Å². The minimum absolute atomic E-state index is 0.129. The van der Waals surface area contributed by atoms with E-state index in [1.165, 1.54) is 0 Å². The molecule has 0 aliphatic heterocycles. The Bertz CT molecular complexity index is 463. The second-order valence-electron chi connectivity index (χ2n) is 6.14. The van der Waals surface area contributed by atoms with Gasteiger partial charge in [-0.15, -0.1) is 23.2 Å². The number of methoxy groups -OCH3 is 1. The highest BCUT2D eigenvalue weighted by atomic mass is 35.5. The fourth-order valence-electron chi connectivity index (χ4n) is 2.65. The van der Waals surface area contributed by atoms with E-state index in [1.807, 2.05) is 24.3 Å². The maximum atomic E-state index is 12.2. The largest absolute Gasteiger partial charge is 0.497 e. The summed E-state index contributed by atoms with van der Waals surface area (Å²) < 4.78 is 11.0. The molecule has 1 unspecified atom stereocenters. The second-order valence-corrected chi connectivity index (χ2v) is 6.90. The van der Waals surface area contributed by atoms with Gasteiger partial charge in [0.25, 0.3) is 0 Å². The Morgan fingerprint density at radius 2 is 1.52 bits per heavy atom. The van der Waals surface area contributed by atoms with Crippen LogP contribution < -0.4 is 4.74 Å². The highest BCUT2D eigenvalue weighted by molar-refractivity contribution is 6.18. The fourth-order valence-corrected chi connectivity index (χ4v) is 3.03. The van der Waals surface area contributed by atoms with E-state index in [0.29, 0.717) is 18.2 Å². The molecule has 0 spiro atoms. The molecule has 0 radical (unpaired) electrons. The van der Waals surface area contributed by atoms with E-state index in [2.05, 4.69) is 0 Å². The van der Waals surface area contributed by atoms with E-state index >= 15 is 0 Å². The van der Waals surface area contributed by atoms with E-state index < -0.39 is 0 Å². The van der Waals surface area contributed by atoms with Crippen molar-refractivity contribution in [2.75, 3.05) is 18.9 Å². The number of alkyl halides is 2. The SMILES string of the molecule is COc1ccc(C(CCCCCCCl)OC(=O)CCCCCCl)cc1. The maximum Gasteiger partial charge on any atom is 0.306 e. The number of hydrogen-bond donors (Lipinski definition) is 0. The molecule has 0 aromatic heterocycles. The van der Waals surface area contributed by atoms with Crippen molar-refractivity contribution < 1.29 is 14.3 Å². The van der Waals surface area contributed by atoms with Crippen molar-refractivity contribution in [3.8, 4) is 5.75 Å². The van der Waals surface area contributed by atoms with Crippen LogP contribution in [0.15, 0.2) is 24.3 Å². The van der Waals surface area contributed by atoms with Gasteiger partial charge in [-0.2, -0.15) is 0 Å². The fraction of sp³-hybridized carbons (Fsp3) is 0.650. The lowest BCUT2D eigenvalue weighted by Gasteiger charge is -2.19. The summed E-state index contributed by atoms with van der Waals surface area (Å²) in [6.07, 6.45) is 8.11. The summed E-state index contributed by atoms with van der Waals surface area (Å²) >= 11 is 11.4. The summed E-state index contributed by atoms with van der Waals surface area (Å²) in [7, 11) is 1.64. The Morgan fingerprint density at radius 1 is 0.920 bits per heavy atom. The van der Waals surface area contributed by atoms with Crippen LogP contribution in [0.1, 0.15) is 69.5 Å². The Balaban J connectivity index is 2.55. The first-order valence-corrected chi connectivity index (χ1v) is 10.2. The van der Waals surface area contributed by atoms with Crippen molar-refractivity contribution >= 4 is 29.2 Å². The summed E-state index contributed by atoms with van der Waals surface area (Å²) in [5.41, 5.74) is 1.02. The molecule has 142 valence electrons. The summed E-state index contributed by atoms with van der Waals surface area (Å²) in [6.45, 7) is 0. The van der Waals surface area contributed by atoms with Gasteiger partial charge in [-0.05, 0) is 49.8 Å². The molecule has 0 aliphatic carbocycles. The number of esters is 1. The molecular weight excluding hydrogens is 359 g/mol. The highest BCUT2D eigenvalue weighted by Crippen LogP contribution is 2.27. The van der Waals surface area contributed by atoms with Crippen LogP contribution in [0.3, 0.4) is 0 Å². The van der Waals surface area contributed by atoms with Gasteiger partial charge < -0.3 is 9.47 Å². The molecule has 0 aliphatic rings. The molecule has 1 aromatic carbocycles. The molecule has 0 saturated carbocycles. The molecule has 3 nitrogen and oxygen atoms in total. The summed E-state index contributed by atoms with van der Waals surface area (Å²) in [6, 6.07) is 7.76. The lowest BCUT2D eigenvalue weighted by molar-refractivity contribution is -0.150. The first-order chi connectivity index (χ1) is 12.2. The standard InChI is InChI=1S/C20H30Cl2O3/c1-24-18-13-11-17(12-14-18)19(9-5-2-3-7-15-21)25-20(23)10-6-4-8-16-22/h11-14,19H,2-10,15-16H2,1H3. The Hall–Kier alpha value is -0.930. The van der Waals surface area contributed by atoms with Crippen LogP contribution >= 0.6 is 23.2 Å². The van der Waals surface area contributed by atoms with Crippen LogP contribution in [-0.4, -0.2) is 24.8 Å². The molecule has 0 heterocycles. The molecule has 1 atom stereocenters. The maximum absolute atomic E-state index is 12.2. The van der Waals surface area contributed by atoms with E-state index in [4.69, 9.17) is 32.7 Å². The zero-order chi connectivity index (χ0) is 18.3. The average Bonchev–Trinajstić information content (AvgIpc) is 2.64. The van der Waals surface area contributed by atoms with Gasteiger partial charge in [-0.3, -0.25) is 4.79 Å². The van der Waals surface area contributed by atoms with Gasteiger partial charge in [-0.25, -0.2) is 0 Å². The highest BCUT2D eigenvalue weighted by Gasteiger charge is 2.16. The van der Waals surface area contributed by atoms with Crippen molar-refractivity contribution in [2.24, 2.45) is 0 Å². The first-order valence-electron chi connectivity index (χ1n) is 9.16. The van der Waals surface area contributed by atoms with Crippen LogP contribution in [0.5, 0.6) is 5.75 Å². The number of rotatable bonds is 14. The Labute approximate surface area is 162 Å². The molecular formula is C20H30Cl2O3. The Morgan fingerprint density at radius 3 is 2.12 bits per heavy atom. The van der Waals surface area contributed by atoms with Gasteiger partial charge in [0.1, 0.15) is 11.9 Å². The number of unbranched alkanes of at least 4 members (excludes halogenated alkanes) is 5. The number of benzene rings is 1. The number of halogens is 2. The van der Waals surface area contributed by atoms with Crippen molar-refractivity contribution in [3.63, 3.8) is 0 Å². The van der Waals surface area contributed by atoms with Crippen molar-refractivity contribution in [2.45, 2.75) is 63.9 Å². The molecule has 5 heteroatoms. The topological polar surface area (TPSA) is 35.5 Å². The van der Waals surface area contributed by atoms with E-state index in [-0.39, 0.29) is 12.1 Å². The first kappa shape index (κ1) is 22.1. The molecule has 0 bridgehead atoms. The van der Waals surface area contributed by atoms with Crippen molar-refractivity contribution in [1.82, 2.24) is 0 Å².